The number of benzene rings is 1. The standard InChI is InChI=1S/C17H16F3N3O2/c1-21-15(24)16(6-7-22-10-16)8-12-2-4-13(5-3-12)23-9-14(25-11-23)17(18,19)20/h2-7,9-10H,8,11H2,1H3,(H,21,24). The van der Waals surface area contributed by atoms with E-state index in [0.29, 0.717) is 12.1 Å². The topological polar surface area (TPSA) is 53.9 Å². The fourth-order valence-corrected chi connectivity index (χ4v) is 2.75. The van der Waals surface area contributed by atoms with Crippen molar-refractivity contribution in [1.29, 1.82) is 0 Å². The molecule has 8 heteroatoms. The van der Waals surface area contributed by atoms with Crippen molar-refractivity contribution in [3.8, 4) is 0 Å². The van der Waals surface area contributed by atoms with E-state index >= 15 is 0 Å². The molecule has 0 aliphatic carbocycles. The van der Waals surface area contributed by atoms with Crippen molar-refractivity contribution in [2.75, 3.05) is 18.7 Å². The largest absolute Gasteiger partial charge is 0.466 e. The average molecular weight is 351 g/mol. The third-order valence-electron chi connectivity index (χ3n) is 4.09. The molecule has 1 amide bonds. The van der Waals surface area contributed by atoms with Gasteiger partial charge in [-0.05, 0) is 30.2 Å². The van der Waals surface area contributed by atoms with Crippen LogP contribution in [0, 0.1) is 5.41 Å². The first-order valence-corrected chi connectivity index (χ1v) is 7.56. The van der Waals surface area contributed by atoms with Gasteiger partial charge in [-0.25, -0.2) is 0 Å². The number of hydrogen-bond donors (Lipinski definition) is 1. The molecule has 1 N–H and O–H groups in total. The lowest BCUT2D eigenvalue weighted by molar-refractivity contribution is -0.126. The molecule has 0 saturated heterocycles. The lowest BCUT2D eigenvalue weighted by Gasteiger charge is -2.22. The van der Waals surface area contributed by atoms with Gasteiger partial charge in [-0.1, -0.05) is 12.1 Å². The van der Waals surface area contributed by atoms with Gasteiger partial charge in [0.25, 0.3) is 0 Å². The number of carbonyl (C=O) groups excluding carboxylic acids is 1. The van der Waals surface area contributed by atoms with E-state index in [1.165, 1.54) is 4.90 Å². The average Bonchev–Trinajstić information content (AvgIpc) is 3.24. The SMILES string of the molecule is CNC(=O)C1(Cc2ccc(N3C=C(C(F)(F)F)OC3)cc2)C=CN=C1. The first-order valence-electron chi connectivity index (χ1n) is 7.56. The van der Waals surface area contributed by atoms with Gasteiger partial charge in [-0.3, -0.25) is 9.79 Å². The van der Waals surface area contributed by atoms with E-state index in [0.717, 1.165) is 11.8 Å². The van der Waals surface area contributed by atoms with Crippen LogP contribution in [0.2, 0.25) is 0 Å². The summed E-state index contributed by atoms with van der Waals surface area (Å²) in [5.41, 5.74) is 0.606. The maximum atomic E-state index is 12.6. The highest BCUT2D eigenvalue weighted by Crippen LogP contribution is 2.33. The van der Waals surface area contributed by atoms with Crippen LogP contribution in [-0.4, -0.2) is 32.1 Å². The number of nitrogens with zero attached hydrogens (tertiary/aromatic N) is 2. The van der Waals surface area contributed by atoms with Gasteiger partial charge in [0.2, 0.25) is 11.7 Å². The van der Waals surface area contributed by atoms with Crippen LogP contribution in [0.15, 0.2) is 53.5 Å². The molecule has 2 aliphatic rings. The van der Waals surface area contributed by atoms with Gasteiger partial charge in [0.05, 0.1) is 6.20 Å². The summed E-state index contributed by atoms with van der Waals surface area (Å²) in [6.45, 7) is -0.189. The number of halogens is 3. The lowest BCUT2D eigenvalue weighted by Crippen LogP contribution is -2.39. The van der Waals surface area contributed by atoms with Crippen LogP contribution < -0.4 is 10.2 Å². The number of hydrogen-bond acceptors (Lipinski definition) is 4. The number of allylic oxidation sites excluding steroid dienone is 1. The minimum atomic E-state index is -4.50. The van der Waals surface area contributed by atoms with Crippen LogP contribution in [-0.2, 0) is 16.0 Å². The molecular formula is C17H16F3N3O2. The van der Waals surface area contributed by atoms with Crippen LogP contribution >= 0.6 is 0 Å². The summed E-state index contributed by atoms with van der Waals surface area (Å²) in [7, 11) is 1.56. The molecule has 2 aliphatic heterocycles. The van der Waals surface area contributed by atoms with Crippen LogP contribution in [0.3, 0.4) is 0 Å². The van der Waals surface area contributed by atoms with E-state index in [4.69, 9.17) is 0 Å². The molecule has 132 valence electrons. The number of alkyl halides is 3. The summed E-state index contributed by atoms with van der Waals surface area (Å²) >= 11 is 0. The van der Waals surface area contributed by atoms with E-state index in [2.05, 4.69) is 15.0 Å². The summed E-state index contributed by atoms with van der Waals surface area (Å²) < 4.78 is 42.5. The third-order valence-corrected chi connectivity index (χ3v) is 4.09. The molecule has 1 aromatic rings. The predicted octanol–water partition coefficient (Wildman–Crippen LogP) is 2.76. The normalized spacial score (nSPS) is 22.1. The number of rotatable bonds is 4. The number of nitrogens with one attached hydrogen (secondary N) is 1. The van der Waals surface area contributed by atoms with Crippen molar-refractivity contribution in [1.82, 2.24) is 5.32 Å². The van der Waals surface area contributed by atoms with E-state index in [-0.39, 0.29) is 12.6 Å². The molecule has 5 nitrogen and oxygen atoms in total. The minimum Gasteiger partial charge on any atom is -0.466 e. The molecule has 2 heterocycles. The Bertz CT molecular complexity index is 739. The Labute approximate surface area is 142 Å². The Hall–Kier alpha value is -2.77. The fraction of sp³-hybridized carbons (Fsp3) is 0.294. The number of anilines is 1. The smallest absolute Gasteiger partial charge is 0.450 e. The molecule has 1 atom stereocenters. The van der Waals surface area contributed by atoms with Gasteiger partial charge in [-0.2, -0.15) is 13.2 Å². The van der Waals surface area contributed by atoms with Crippen LogP contribution in [0.25, 0.3) is 0 Å². The Morgan fingerprint density at radius 3 is 2.60 bits per heavy atom. The summed E-state index contributed by atoms with van der Waals surface area (Å²) in [4.78, 5) is 17.5. The Morgan fingerprint density at radius 1 is 1.36 bits per heavy atom. The van der Waals surface area contributed by atoms with Crippen molar-refractivity contribution in [2.45, 2.75) is 12.6 Å². The van der Waals surface area contributed by atoms with Gasteiger partial charge in [-0.15, -0.1) is 0 Å². The zero-order chi connectivity index (χ0) is 18.1. The zero-order valence-electron chi connectivity index (χ0n) is 13.4. The summed E-state index contributed by atoms with van der Waals surface area (Å²) in [5.74, 6) is -1.18. The summed E-state index contributed by atoms with van der Waals surface area (Å²) in [5, 5.41) is 2.62. The lowest BCUT2D eigenvalue weighted by atomic mass is 9.82. The molecular weight excluding hydrogens is 335 g/mol. The van der Waals surface area contributed by atoms with Crippen molar-refractivity contribution >= 4 is 17.8 Å². The van der Waals surface area contributed by atoms with Crippen molar-refractivity contribution < 1.29 is 22.7 Å². The van der Waals surface area contributed by atoms with Crippen LogP contribution in [0.4, 0.5) is 18.9 Å². The number of ether oxygens (including phenoxy) is 1. The van der Waals surface area contributed by atoms with Gasteiger partial charge in [0, 0.05) is 25.1 Å². The second-order valence-corrected chi connectivity index (χ2v) is 5.79. The first kappa shape index (κ1) is 17.1. The molecule has 25 heavy (non-hydrogen) atoms. The molecule has 0 radical (unpaired) electrons. The zero-order valence-corrected chi connectivity index (χ0v) is 13.4. The Morgan fingerprint density at radius 2 is 2.08 bits per heavy atom. The Kier molecular flexibility index (Phi) is 4.28. The maximum absolute atomic E-state index is 12.6. The van der Waals surface area contributed by atoms with Crippen LogP contribution in [0.1, 0.15) is 5.56 Å². The summed E-state index contributed by atoms with van der Waals surface area (Å²) in [6, 6.07) is 6.95. The maximum Gasteiger partial charge on any atom is 0.450 e. The van der Waals surface area contributed by atoms with Gasteiger partial charge in [0.15, 0.2) is 6.73 Å². The Balaban J connectivity index is 1.75. The molecule has 0 fully saturated rings. The number of aliphatic imine (C=N–C) groups is 1. The first-order chi connectivity index (χ1) is 11.8. The van der Waals surface area contributed by atoms with Gasteiger partial charge < -0.3 is 15.0 Å². The van der Waals surface area contributed by atoms with Crippen molar-refractivity contribution in [2.24, 2.45) is 10.4 Å². The fourth-order valence-electron chi connectivity index (χ4n) is 2.75. The predicted molar refractivity (Wildman–Crippen MR) is 86.8 cm³/mol. The molecule has 0 saturated carbocycles. The highest BCUT2D eigenvalue weighted by atomic mass is 19.4. The minimum absolute atomic E-state index is 0.167. The van der Waals surface area contributed by atoms with Gasteiger partial charge in [0.1, 0.15) is 5.41 Å². The third kappa shape index (κ3) is 3.38. The van der Waals surface area contributed by atoms with Gasteiger partial charge >= 0.3 is 6.18 Å². The monoisotopic (exact) mass is 351 g/mol. The van der Waals surface area contributed by atoms with E-state index < -0.39 is 17.4 Å². The molecule has 0 aromatic heterocycles. The van der Waals surface area contributed by atoms with E-state index in [1.54, 1.807) is 49.8 Å². The van der Waals surface area contributed by atoms with E-state index in [1.807, 2.05) is 0 Å². The molecule has 1 unspecified atom stereocenters. The van der Waals surface area contributed by atoms with Crippen LogP contribution in [0.5, 0.6) is 0 Å². The highest BCUT2D eigenvalue weighted by Gasteiger charge is 2.39. The molecule has 3 rings (SSSR count). The molecule has 0 spiro atoms. The van der Waals surface area contributed by atoms with Crippen molar-refractivity contribution in [3.05, 3.63) is 54.1 Å². The second kappa shape index (κ2) is 6.27. The summed E-state index contributed by atoms with van der Waals surface area (Å²) in [6.07, 6.45) is 1.75. The number of carbonyl (C=O) groups is 1. The second-order valence-electron chi connectivity index (χ2n) is 5.79. The quantitative estimate of drug-likeness (QED) is 0.908. The highest BCUT2D eigenvalue weighted by molar-refractivity contribution is 6.02. The van der Waals surface area contributed by atoms with Crippen molar-refractivity contribution in [3.63, 3.8) is 0 Å². The molecule has 0 bridgehead atoms. The number of amides is 1. The molecule has 1 aromatic carbocycles. The van der Waals surface area contributed by atoms with E-state index in [9.17, 15) is 18.0 Å².